The van der Waals surface area contributed by atoms with Gasteiger partial charge in [-0.3, -0.25) is 0 Å². The molecule has 0 fully saturated rings. The average molecular weight is 190 g/mol. The molecule has 0 aromatic carbocycles. The number of methoxy groups -OCH3 is 2. The van der Waals surface area contributed by atoms with Crippen molar-refractivity contribution in [3.63, 3.8) is 0 Å². The fourth-order valence-electron chi connectivity index (χ4n) is 1.16. The third-order valence-corrected chi connectivity index (χ3v) is 1.87. The summed E-state index contributed by atoms with van der Waals surface area (Å²) in [4.78, 5) is 0. The van der Waals surface area contributed by atoms with Gasteiger partial charge in [-0.1, -0.05) is 0 Å². The molecule has 0 aliphatic carbocycles. The number of rotatable bonds is 5. The third kappa shape index (κ3) is 3.34. The Bertz CT molecular complexity index is 165. The molecule has 3 atom stereocenters. The van der Waals surface area contributed by atoms with Crippen molar-refractivity contribution < 1.29 is 19.7 Å². The van der Waals surface area contributed by atoms with Gasteiger partial charge in [0.2, 0.25) is 0 Å². The lowest BCUT2D eigenvalue weighted by molar-refractivity contribution is -0.0755. The van der Waals surface area contributed by atoms with Gasteiger partial charge in [-0.2, -0.15) is 0 Å². The highest BCUT2D eigenvalue weighted by atomic mass is 16.5. The van der Waals surface area contributed by atoms with E-state index in [1.807, 2.05) is 0 Å². The highest BCUT2D eigenvalue weighted by Crippen LogP contribution is 2.13. The van der Waals surface area contributed by atoms with Crippen LogP contribution in [-0.2, 0) is 9.47 Å². The SMILES string of the molecule is C/C=C(/OC)C(O)C(OC)C(C)O. The second-order valence-electron chi connectivity index (χ2n) is 2.78. The van der Waals surface area contributed by atoms with Gasteiger partial charge in [0, 0.05) is 7.11 Å². The summed E-state index contributed by atoms with van der Waals surface area (Å²) in [6.07, 6.45) is -0.699. The van der Waals surface area contributed by atoms with E-state index in [1.165, 1.54) is 14.2 Å². The molecule has 78 valence electrons. The second-order valence-corrected chi connectivity index (χ2v) is 2.78. The van der Waals surface area contributed by atoms with Crippen LogP contribution in [-0.4, -0.2) is 42.7 Å². The van der Waals surface area contributed by atoms with E-state index >= 15 is 0 Å². The van der Waals surface area contributed by atoms with Crippen molar-refractivity contribution in [2.45, 2.75) is 32.2 Å². The summed E-state index contributed by atoms with van der Waals surface area (Å²) in [7, 11) is 2.90. The Morgan fingerprint density at radius 3 is 2.08 bits per heavy atom. The van der Waals surface area contributed by atoms with Crippen molar-refractivity contribution in [2.75, 3.05) is 14.2 Å². The predicted molar refractivity (Wildman–Crippen MR) is 49.3 cm³/mol. The van der Waals surface area contributed by atoms with Crippen LogP contribution in [0.3, 0.4) is 0 Å². The van der Waals surface area contributed by atoms with Crippen LogP contribution in [0.15, 0.2) is 11.8 Å². The van der Waals surface area contributed by atoms with Crippen LogP contribution in [0.5, 0.6) is 0 Å². The number of allylic oxidation sites excluding steroid dienone is 1. The Balaban J connectivity index is 4.44. The number of aliphatic hydroxyl groups is 2. The van der Waals surface area contributed by atoms with Crippen LogP contribution < -0.4 is 0 Å². The van der Waals surface area contributed by atoms with Gasteiger partial charge in [0.1, 0.15) is 18.0 Å². The number of hydrogen-bond acceptors (Lipinski definition) is 4. The molecule has 0 aromatic rings. The predicted octanol–water partition coefficient (Wildman–Crippen LogP) is 0.293. The maximum atomic E-state index is 9.66. The minimum Gasteiger partial charge on any atom is -0.499 e. The van der Waals surface area contributed by atoms with Gasteiger partial charge in [0.25, 0.3) is 0 Å². The zero-order chi connectivity index (χ0) is 10.4. The fraction of sp³-hybridized carbons (Fsp3) is 0.778. The largest absolute Gasteiger partial charge is 0.499 e. The summed E-state index contributed by atoms with van der Waals surface area (Å²) >= 11 is 0. The molecule has 0 aliphatic rings. The van der Waals surface area contributed by atoms with Gasteiger partial charge < -0.3 is 19.7 Å². The number of hydrogen-bond donors (Lipinski definition) is 2. The van der Waals surface area contributed by atoms with Crippen molar-refractivity contribution in [1.29, 1.82) is 0 Å². The summed E-state index contributed by atoms with van der Waals surface area (Å²) in [5, 5.41) is 18.9. The van der Waals surface area contributed by atoms with Crippen molar-refractivity contribution in [3.05, 3.63) is 11.8 Å². The highest BCUT2D eigenvalue weighted by Gasteiger charge is 2.27. The van der Waals surface area contributed by atoms with Crippen LogP contribution in [0.1, 0.15) is 13.8 Å². The highest BCUT2D eigenvalue weighted by molar-refractivity contribution is 5.02. The number of ether oxygens (including phenoxy) is 2. The van der Waals surface area contributed by atoms with E-state index in [-0.39, 0.29) is 0 Å². The van der Waals surface area contributed by atoms with Crippen molar-refractivity contribution >= 4 is 0 Å². The molecule has 0 saturated carbocycles. The Kier molecular flexibility index (Phi) is 5.70. The summed E-state index contributed by atoms with van der Waals surface area (Å²) in [6, 6.07) is 0. The lowest BCUT2D eigenvalue weighted by atomic mass is 10.1. The zero-order valence-corrected chi connectivity index (χ0v) is 8.52. The molecule has 4 nitrogen and oxygen atoms in total. The molecule has 0 bridgehead atoms. The Hall–Kier alpha value is -0.580. The van der Waals surface area contributed by atoms with Crippen LogP contribution >= 0.6 is 0 Å². The third-order valence-electron chi connectivity index (χ3n) is 1.87. The van der Waals surface area contributed by atoms with Crippen LogP contribution in [0.4, 0.5) is 0 Å². The summed E-state index contributed by atoms with van der Waals surface area (Å²) < 4.78 is 9.85. The molecule has 13 heavy (non-hydrogen) atoms. The van der Waals surface area contributed by atoms with Gasteiger partial charge in [-0.25, -0.2) is 0 Å². The molecule has 0 radical (unpaired) electrons. The molecule has 0 heterocycles. The summed E-state index contributed by atoms with van der Waals surface area (Å²) in [6.45, 7) is 3.30. The van der Waals surface area contributed by atoms with Crippen molar-refractivity contribution in [2.24, 2.45) is 0 Å². The fourth-order valence-corrected chi connectivity index (χ4v) is 1.16. The second kappa shape index (κ2) is 5.96. The van der Waals surface area contributed by atoms with Gasteiger partial charge >= 0.3 is 0 Å². The average Bonchev–Trinajstić information content (AvgIpc) is 2.07. The summed E-state index contributed by atoms with van der Waals surface area (Å²) in [5.74, 6) is 0.396. The maximum Gasteiger partial charge on any atom is 0.139 e. The minimum absolute atomic E-state index is 0.396. The van der Waals surface area contributed by atoms with Gasteiger partial charge in [-0.15, -0.1) is 0 Å². The molecule has 0 spiro atoms. The first-order valence-electron chi connectivity index (χ1n) is 4.17. The zero-order valence-electron chi connectivity index (χ0n) is 8.52. The van der Waals surface area contributed by atoms with Gasteiger partial charge in [0.15, 0.2) is 0 Å². The first-order valence-corrected chi connectivity index (χ1v) is 4.17. The normalized spacial score (nSPS) is 19.4. The van der Waals surface area contributed by atoms with E-state index in [2.05, 4.69) is 0 Å². The lowest BCUT2D eigenvalue weighted by Gasteiger charge is -2.24. The molecule has 0 saturated heterocycles. The monoisotopic (exact) mass is 190 g/mol. The molecule has 0 aliphatic heterocycles. The molecular weight excluding hydrogens is 172 g/mol. The van der Waals surface area contributed by atoms with Crippen molar-refractivity contribution in [1.82, 2.24) is 0 Å². The molecule has 3 unspecified atom stereocenters. The standard InChI is InChI=1S/C9H18O4/c1-5-7(12-3)8(11)9(13-4)6(2)10/h5-6,8-11H,1-4H3/b7-5+. The smallest absolute Gasteiger partial charge is 0.139 e. The Labute approximate surface area is 78.8 Å². The quantitative estimate of drug-likeness (QED) is 0.612. The lowest BCUT2D eigenvalue weighted by Crippen LogP contribution is -2.38. The first kappa shape index (κ1) is 12.4. The molecule has 0 rings (SSSR count). The maximum absolute atomic E-state index is 9.66. The molecule has 4 heteroatoms. The molecular formula is C9H18O4. The topological polar surface area (TPSA) is 58.9 Å². The van der Waals surface area contributed by atoms with Gasteiger partial charge in [-0.05, 0) is 19.9 Å². The van der Waals surface area contributed by atoms with E-state index in [0.717, 1.165) is 0 Å². The van der Waals surface area contributed by atoms with Crippen molar-refractivity contribution in [3.8, 4) is 0 Å². The van der Waals surface area contributed by atoms with Gasteiger partial charge in [0.05, 0.1) is 13.2 Å². The Morgan fingerprint density at radius 2 is 1.85 bits per heavy atom. The van der Waals surface area contributed by atoms with E-state index < -0.39 is 18.3 Å². The van der Waals surface area contributed by atoms with Crippen LogP contribution in [0, 0.1) is 0 Å². The van der Waals surface area contributed by atoms with E-state index in [0.29, 0.717) is 5.76 Å². The minimum atomic E-state index is -0.931. The molecule has 2 N–H and O–H groups in total. The Morgan fingerprint density at radius 1 is 1.31 bits per heavy atom. The summed E-state index contributed by atoms with van der Waals surface area (Å²) in [5.41, 5.74) is 0. The molecule has 0 aromatic heterocycles. The van der Waals surface area contributed by atoms with E-state index in [1.54, 1.807) is 19.9 Å². The number of aliphatic hydroxyl groups excluding tert-OH is 2. The van der Waals surface area contributed by atoms with E-state index in [9.17, 15) is 10.2 Å². The first-order chi connectivity index (χ1) is 6.08. The van der Waals surface area contributed by atoms with Crippen LogP contribution in [0.2, 0.25) is 0 Å². The molecule has 0 amide bonds. The van der Waals surface area contributed by atoms with Crippen LogP contribution in [0.25, 0.3) is 0 Å². The van der Waals surface area contributed by atoms with E-state index in [4.69, 9.17) is 9.47 Å².